The van der Waals surface area contributed by atoms with Crippen molar-refractivity contribution in [2.24, 2.45) is 0 Å². The highest BCUT2D eigenvalue weighted by Gasteiger charge is 2.49. The van der Waals surface area contributed by atoms with E-state index in [1.165, 1.54) is 0 Å². The summed E-state index contributed by atoms with van der Waals surface area (Å²) < 4.78 is 52.1. The van der Waals surface area contributed by atoms with Crippen LogP contribution < -0.4 is 0 Å². The van der Waals surface area contributed by atoms with E-state index >= 15 is 0 Å². The Hall–Kier alpha value is 1.38. The summed E-state index contributed by atoms with van der Waals surface area (Å²) in [4.78, 5) is 0. The Morgan fingerprint density at radius 1 is 0.409 bits per heavy atom. The normalized spacial score (nSPS) is 13.8. The number of aliphatic hydroxyl groups is 1. The molecule has 1 N–H and O–H groups in total. The van der Waals surface area contributed by atoms with Gasteiger partial charge in [0, 0.05) is 6.61 Å². The van der Waals surface area contributed by atoms with Gasteiger partial charge in [-0.05, 0) is 123 Å². The van der Waals surface area contributed by atoms with Gasteiger partial charge in [-0.2, -0.15) is 0 Å². The molecule has 0 aliphatic carbocycles. The van der Waals surface area contributed by atoms with Crippen LogP contribution in [-0.4, -0.2) is 92.9 Å². The van der Waals surface area contributed by atoms with Crippen LogP contribution in [0, 0.1) is 0 Å². The zero-order valence-corrected chi connectivity index (χ0v) is 37.0. The van der Waals surface area contributed by atoms with Crippen molar-refractivity contribution in [3.63, 3.8) is 0 Å². The summed E-state index contributed by atoms with van der Waals surface area (Å²) in [6.45, 7) is 37.4. The molecule has 0 aliphatic rings. The summed E-state index contributed by atoms with van der Waals surface area (Å²) in [5, 5.41) is 8.88. The molecule has 0 unspecified atom stereocenters. The van der Waals surface area contributed by atoms with Crippen molar-refractivity contribution in [1.82, 2.24) is 0 Å². The lowest BCUT2D eigenvalue weighted by Gasteiger charge is -2.44. The Kier molecular flexibility index (Phi) is 25.9. The molecule has 0 bridgehead atoms. The third kappa shape index (κ3) is 26.3. The minimum Gasteiger partial charge on any atom is -0.436 e. The molecule has 0 aliphatic heterocycles. The fourth-order valence-corrected chi connectivity index (χ4v) is 44.9. The molecule has 9 nitrogen and oxygen atoms in total. The molecule has 0 radical (unpaired) electrons. The highest BCUT2D eigenvalue weighted by atomic mass is 28.5. The van der Waals surface area contributed by atoms with E-state index in [0.717, 1.165) is 18.5 Å². The first-order valence-corrected chi connectivity index (χ1v) is 37.8. The van der Waals surface area contributed by atoms with Crippen molar-refractivity contribution < 1.29 is 38.6 Å². The summed E-state index contributed by atoms with van der Waals surface area (Å²) in [5.41, 5.74) is 0. The highest BCUT2D eigenvalue weighted by molar-refractivity contribution is 6.92. The molecule has 0 fully saturated rings. The maximum atomic E-state index is 8.88. The molecule has 0 saturated heterocycles. The lowest BCUT2D eigenvalue weighted by Crippen LogP contribution is -2.61. The molecule has 0 heterocycles. The van der Waals surface area contributed by atoms with Gasteiger partial charge >= 0.3 is 51.4 Å². The molecule has 17 heteroatoms. The van der Waals surface area contributed by atoms with E-state index in [-0.39, 0.29) is 36.3 Å². The smallest absolute Gasteiger partial charge is 0.314 e. The number of hydrogen-bond acceptors (Lipinski definition) is 9. The van der Waals surface area contributed by atoms with E-state index in [9.17, 15) is 0 Å². The summed E-state index contributed by atoms with van der Waals surface area (Å²) in [7, 11) is -18.8. The Morgan fingerprint density at radius 3 is 0.955 bits per heavy atom. The number of rotatable bonds is 21. The van der Waals surface area contributed by atoms with Crippen molar-refractivity contribution >= 4 is 68.0 Å². The molecule has 0 atom stereocenters. The van der Waals surface area contributed by atoms with Crippen LogP contribution in [0.5, 0.6) is 0 Å². The topological polar surface area (TPSA) is 94.1 Å². The van der Waals surface area contributed by atoms with Crippen molar-refractivity contribution in [2.75, 3.05) is 19.8 Å². The molecule has 0 amide bonds. The molecule has 0 spiro atoms. The fourth-order valence-electron chi connectivity index (χ4n) is 5.31. The van der Waals surface area contributed by atoms with Crippen LogP contribution in [0.2, 0.25) is 117 Å². The van der Waals surface area contributed by atoms with Gasteiger partial charge in [-0.25, -0.2) is 0 Å². The highest BCUT2D eigenvalue weighted by Crippen LogP contribution is 2.30. The lowest BCUT2D eigenvalue weighted by molar-refractivity contribution is 0.0923. The minimum absolute atomic E-state index is 0. The third-order valence-corrected chi connectivity index (χ3v) is 36.9. The number of ether oxygens (including phenoxy) is 1. The summed E-state index contributed by atoms with van der Waals surface area (Å²) in [6.07, 6.45) is 0.919. The summed E-state index contributed by atoms with van der Waals surface area (Å²) >= 11 is 0. The van der Waals surface area contributed by atoms with Crippen LogP contribution in [0.15, 0.2) is 0 Å². The van der Waals surface area contributed by atoms with Gasteiger partial charge in [-0.1, -0.05) is 36.6 Å². The van der Waals surface area contributed by atoms with Gasteiger partial charge in [0.2, 0.25) is 0 Å². The fraction of sp³-hybridized carbons (Fsp3) is 1.00. The van der Waals surface area contributed by atoms with E-state index in [1.54, 1.807) is 0 Å². The largest absolute Gasteiger partial charge is 0.436 e. The SMILES string of the molecule is C.C.C.C.CC[Si](C)(C)O[Si](C)(C)O[Si](C)(C)O[Si](C)(C)O[Si](C)(C)O[Si](C)(C)O[Si](C)(C)O[Si](C)(C)CCCOCCO. The first kappa shape index (κ1) is 54.8. The van der Waals surface area contributed by atoms with Crippen LogP contribution in [0.25, 0.3) is 0 Å². The second-order valence-electron chi connectivity index (χ2n) is 14.4. The van der Waals surface area contributed by atoms with Gasteiger partial charge in [-0.3, -0.25) is 0 Å². The standard InChI is InChI=1S/C23H64O9Si8.4CH4/c1-18-33(2,3)26-35(6,7)28-37(10,11)30-39(14,15)32-40(16,17)31-38(12,13)29-36(8,9)27-34(4,5)23-19-21-25-22-20-24;;;;/h24H,18-23H2,1-17H3;4*1H4. The van der Waals surface area contributed by atoms with Crippen molar-refractivity contribution in [3.05, 3.63) is 0 Å². The summed E-state index contributed by atoms with van der Waals surface area (Å²) in [5.74, 6) is 0. The van der Waals surface area contributed by atoms with Crippen LogP contribution in [0.1, 0.15) is 43.1 Å². The Morgan fingerprint density at radius 2 is 0.682 bits per heavy atom. The Bertz CT molecular complexity index is 766. The zero-order chi connectivity index (χ0) is 31.9. The predicted octanol–water partition coefficient (Wildman–Crippen LogP) is 9.69. The van der Waals surface area contributed by atoms with Crippen LogP contribution >= 0.6 is 0 Å². The quantitative estimate of drug-likeness (QED) is 0.0904. The van der Waals surface area contributed by atoms with E-state index in [2.05, 4.69) is 112 Å². The molecule has 0 rings (SSSR count). The monoisotopic (exact) mass is 772 g/mol. The van der Waals surface area contributed by atoms with E-state index < -0.39 is 68.0 Å². The molecule has 0 aromatic carbocycles. The second kappa shape index (κ2) is 20.8. The van der Waals surface area contributed by atoms with Gasteiger partial charge in [0.05, 0.1) is 13.2 Å². The zero-order valence-electron chi connectivity index (χ0n) is 29.0. The van der Waals surface area contributed by atoms with Gasteiger partial charge in [0.1, 0.15) is 0 Å². The van der Waals surface area contributed by atoms with E-state index in [1.807, 2.05) is 0 Å². The van der Waals surface area contributed by atoms with Crippen LogP contribution in [-0.2, 0) is 33.5 Å². The summed E-state index contributed by atoms with van der Waals surface area (Å²) in [6, 6.07) is 2.04. The third-order valence-electron chi connectivity index (χ3n) is 5.66. The van der Waals surface area contributed by atoms with Crippen molar-refractivity contribution in [2.45, 2.75) is 160 Å². The van der Waals surface area contributed by atoms with E-state index in [4.69, 9.17) is 38.6 Å². The molecule has 0 saturated carbocycles. The van der Waals surface area contributed by atoms with Gasteiger partial charge in [0.25, 0.3) is 0 Å². The van der Waals surface area contributed by atoms with Crippen molar-refractivity contribution in [1.29, 1.82) is 0 Å². The Labute approximate surface area is 285 Å². The lowest BCUT2D eigenvalue weighted by atomic mass is 10.5. The van der Waals surface area contributed by atoms with Crippen LogP contribution in [0.3, 0.4) is 0 Å². The van der Waals surface area contributed by atoms with Crippen LogP contribution in [0.4, 0.5) is 0 Å². The van der Waals surface area contributed by atoms with Gasteiger partial charge < -0.3 is 38.6 Å². The Balaban J connectivity index is -0.00000127. The minimum atomic E-state index is -2.60. The molecule has 0 aromatic heterocycles. The molecular formula is C27H80O9Si8. The first-order chi connectivity index (χ1) is 17.6. The first-order valence-electron chi connectivity index (χ1n) is 14.7. The molecule has 0 aromatic rings. The van der Waals surface area contributed by atoms with E-state index in [0.29, 0.717) is 13.2 Å². The number of hydrogen-bond donors (Lipinski definition) is 1. The van der Waals surface area contributed by atoms with Crippen molar-refractivity contribution in [3.8, 4) is 0 Å². The number of aliphatic hydroxyl groups excluding tert-OH is 1. The predicted molar refractivity (Wildman–Crippen MR) is 212 cm³/mol. The van der Waals surface area contributed by atoms with Gasteiger partial charge in [-0.15, -0.1) is 0 Å². The molecular weight excluding hydrogens is 693 g/mol. The second-order valence-corrected chi connectivity index (χ2v) is 45.2. The van der Waals surface area contributed by atoms with Gasteiger partial charge in [0.15, 0.2) is 16.6 Å². The maximum Gasteiger partial charge on any atom is 0.314 e. The molecule has 44 heavy (non-hydrogen) atoms. The average molecular weight is 774 g/mol. The average Bonchev–Trinajstić information content (AvgIpc) is 2.60. The maximum absolute atomic E-state index is 8.88. The molecule has 274 valence electrons.